The molecule has 2 aliphatic carbocycles. The molecule has 0 aliphatic heterocycles. The van der Waals surface area contributed by atoms with Crippen LogP contribution in [0.15, 0.2) is 285 Å². The quantitative estimate of drug-likeness (QED) is 0.0376. The van der Waals surface area contributed by atoms with Crippen molar-refractivity contribution in [1.82, 2.24) is 0 Å². The van der Waals surface area contributed by atoms with Gasteiger partial charge in [-0.05, 0) is 109 Å². The summed E-state index contributed by atoms with van der Waals surface area (Å²) in [5.74, 6) is 4.52. The number of hydrogen-bond donors (Lipinski definition) is 0. The summed E-state index contributed by atoms with van der Waals surface area (Å²) in [6.07, 6.45) is 24.7. The van der Waals surface area contributed by atoms with E-state index in [0.717, 1.165) is 24.7 Å². The Bertz CT molecular complexity index is 2460. The van der Waals surface area contributed by atoms with E-state index in [1.165, 1.54) is 73.4 Å². The van der Waals surface area contributed by atoms with E-state index in [4.69, 9.17) is 6.42 Å². The van der Waals surface area contributed by atoms with Crippen molar-refractivity contribution < 1.29 is 19.5 Å². The van der Waals surface area contributed by atoms with Crippen LogP contribution in [0.4, 0.5) is 0 Å². The minimum absolute atomic E-state index is 0. The van der Waals surface area contributed by atoms with Gasteiger partial charge in [-0.25, -0.2) is 0 Å². The second-order valence-electron chi connectivity index (χ2n) is 17.1. The Morgan fingerprint density at radius 1 is 0.486 bits per heavy atom. The van der Waals surface area contributed by atoms with Gasteiger partial charge in [-0.3, -0.25) is 0 Å². The first-order valence-electron chi connectivity index (χ1n) is 24.2. The summed E-state index contributed by atoms with van der Waals surface area (Å²) in [7, 11) is -0.892. The van der Waals surface area contributed by atoms with Crippen molar-refractivity contribution in [3.63, 3.8) is 0 Å². The molecule has 0 amide bonds. The summed E-state index contributed by atoms with van der Waals surface area (Å²) in [5.41, 5.74) is 4.76. The fourth-order valence-electron chi connectivity index (χ4n) is 8.95. The smallest absolute Gasteiger partial charge is 0.693 e. The van der Waals surface area contributed by atoms with Crippen molar-refractivity contribution in [2.45, 2.75) is 39.0 Å². The molecule has 0 bridgehead atoms. The maximum atomic E-state index is 7.67. The molecule has 3 atom stereocenters. The van der Waals surface area contributed by atoms with Crippen LogP contribution in [0.5, 0.6) is 0 Å². The molecule has 8 aromatic carbocycles. The van der Waals surface area contributed by atoms with Crippen LogP contribution in [0.3, 0.4) is 0 Å². The SMILES string of the molecule is C1=CC2CCCC2C=C1.[C-]#CC(CCC=C)C(C)=C(c1ccccc1)c1ccccc1.[Ru+2].c1ccc(P(c2ccccc2)c2ccccc2)cc1.c1ccc(P(c2ccccc2)c2ccccc2)cc1. The number of allylic oxidation sites excluding steroid dienone is 6. The number of benzene rings is 8. The van der Waals surface area contributed by atoms with Gasteiger partial charge in [-0.15, -0.1) is 6.58 Å². The first-order chi connectivity index (χ1) is 34.1. The average molecular weight is 1030 g/mol. The summed E-state index contributed by atoms with van der Waals surface area (Å²) in [4.78, 5) is 0. The van der Waals surface area contributed by atoms with Crippen molar-refractivity contribution in [3.8, 4) is 5.92 Å². The largest absolute Gasteiger partial charge is 2.00 e. The molecular weight excluding hydrogens is 968 g/mol. The molecule has 2 aliphatic rings. The van der Waals surface area contributed by atoms with Gasteiger partial charge in [0.05, 0.1) is 0 Å². The zero-order valence-electron chi connectivity index (χ0n) is 40.2. The summed E-state index contributed by atoms with van der Waals surface area (Å²) in [6, 6.07) is 85.4. The van der Waals surface area contributed by atoms with E-state index in [0.29, 0.717) is 0 Å². The van der Waals surface area contributed by atoms with Crippen molar-refractivity contribution >= 4 is 53.2 Å². The molecular formula is C67H63P2Ru+. The van der Waals surface area contributed by atoms with Crippen LogP contribution in [-0.2, 0) is 19.5 Å². The molecule has 0 aromatic heterocycles. The number of rotatable bonds is 12. The normalized spacial score (nSPS) is 14.3. The molecule has 0 spiro atoms. The third-order valence-electron chi connectivity index (χ3n) is 12.4. The van der Waals surface area contributed by atoms with Crippen molar-refractivity contribution in [2.75, 3.05) is 0 Å². The van der Waals surface area contributed by atoms with Crippen LogP contribution in [-0.4, -0.2) is 0 Å². The van der Waals surface area contributed by atoms with Crippen molar-refractivity contribution in [3.05, 3.63) is 303 Å². The van der Waals surface area contributed by atoms with Crippen molar-refractivity contribution in [2.24, 2.45) is 17.8 Å². The average Bonchev–Trinajstić information content (AvgIpc) is 3.92. The van der Waals surface area contributed by atoms with Crippen LogP contribution >= 0.6 is 15.8 Å². The number of hydrogen-bond acceptors (Lipinski definition) is 0. The predicted molar refractivity (Wildman–Crippen MR) is 304 cm³/mol. The summed E-state index contributed by atoms with van der Waals surface area (Å²) < 4.78 is 0. The van der Waals surface area contributed by atoms with Crippen LogP contribution in [0.1, 0.15) is 50.2 Å². The fourth-order valence-corrected chi connectivity index (χ4v) is 13.6. The summed E-state index contributed by atoms with van der Waals surface area (Å²) >= 11 is 0. The molecule has 0 nitrogen and oxygen atoms in total. The van der Waals surface area contributed by atoms with Crippen LogP contribution < -0.4 is 31.8 Å². The first-order valence-corrected chi connectivity index (χ1v) is 26.9. The topological polar surface area (TPSA) is 0 Å². The number of fused-ring (bicyclic) bond motifs is 1. The van der Waals surface area contributed by atoms with E-state index in [1.807, 2.05) is 18.2 Å². The second-order valence-corrected chi connectivity index (χ2v) is 21.5. The van der Waals surface area contributed by atoms with Gasteiger partial charge in [0.25, 0.3) is 0 Å². The van der Waals surface area contributed by atoms with Gasteiger partial charge in [-0.2, -0.15) is 0 Å². The summed E-state index contributed by atoms with van der Waals surface area (Å²) in [5, 5.41) is 8.39. The van der Waals surface area contributed by atoms with E-state index < -0.39 is 15.8 Å². The molecule has 10 rings (SSSR count). The Morgan fingerprint density at radius 2 is 0.757 bits per heavy atom. The van der Waals surface area contributed by atoms with E-state index >= 15 is 0 Å². The van der Waals surface area contributed by atoms with E-state index in [2.05, 4.69) is 274 Å². The molecule has 0 radical (unpaired) electrons. The Labute approximate surface area is 435 Å². The van der Waals surface area contributed by atoms with E-state index in [9.17, 15) is 0 Å². The van der Waals surface area contributed by atoms with Gasteiger partial charge in [0.1, 0.15) is 0 Å². The van der Waals surface area contributed by atoms with Crippen LogP contribution in [0.25, 0.3) is 5.57 Å². The molecule has 0 N–H and O–H groups in total. The molecule has 1 fully saturated rings. The molecule has 348 valence electrons. The van der Waals surface area contributed by atoms with E-state index in [1.54, 1.807) is 0 Å². The maximum absolute atomic E-state index is 7.67. The zero-order valence-corrected chi connectivity index (χ0v) is 43.7. The Balaban J connectivity index is 0.000000157. The van der Waals surface area contributed by atoms with Gasteiger partial charge in [-0.1, -0.05) is 285 Å². The third kappa shape index (κ3) is 15.6. The molecule has 3 heteroatoms. The molecule has 70 heavy (non-hydrogen) atoms. The van der Waals surface area contributed by atoms with E-state index in [-0.39, 0.29) is 25.4 Å². The Kier molecular flexibility index (Phi) is 22.5. The van der Waals surface area contributed by atoms with Gasteiger partial charge < -0.3 is 12.3 Å². The Morgan fingerprint density at radius 3 is 1.01 bits per heavy atom. The zero-order chi connectivity index (χ0) is 47.7. The standard InChI is InChI=1S/C22H21.2C18H15P.C9H12.Ru/c1-4-6-13-19(5-2)18(3)22(20-14-9-7-10-15-20)21-16-11-8-12-17-21;2*1-4-10-16(11-5-1)19(17-12-6-2-7-13-17)18-14-8-3-9-15-18;1-2-5-9-7-3-6-8(9)4-1;/h4,7-12,14-17,19H,1,6,13H2,3H3;2*1-15H;1-2,4-5,8-9H,3,6-7H2;/q-1;;;;+2. The molecule has 0 saturated heterocycles. The second kappa shape index (κ2) is 29.7. The van der Waals surface area contributed by atoms with Crippen LogP contribution in [0.2, 0.25) is 0 Å². The predicted octanol–water partition coefficient (Wildman–Crippen LogP) is 15.1. The fraction of sp³-hybridized carbons (Fsp3) is 0.134. The molecule has 1 saturated carbocycles. The summed E-state index contributed by atoms with van der Waals surface area (Å²) in [6.45, 7) is 5.90. The monoisotopic (exact) mass is 1030 g/mol. The minimum Gasteiger partial charge on any atom is -0.693 e. The molecule has 8 aromatic rings. The van der Waals surface area contributed by atoms with Gasteiger partial charge in [0, 0.05) is 5.92 Å². The molecule has 0 heterocycles. The van der Waals surface area contributed by atoms with Gasteiger partial charge >= 0.3 is 19.5 Å². The Hall–Kier alpha value is -6.24. The van der Waals surface area contributed by atoms with Crippen molar-refractivity contribution in [1.29, 1.82) is 0 Å². The van der Waals surface area contributed by atoms with Gasteiger partial charge in [0.2, 0.25) is 0 Å². The minimum atomic E-state index is -0.446. The van der Waals surface area contributed by atoms with Gasteiger partial charge in [0.15, 0.2) is 0 Å². The maximum Gasteiger partial charge on any atom is 2.00 e. The first kappa shape index (κ1) is 53.1. The third-order valence-corrected chi connectivity index (χ3v) is 17.3. The molecule has 3 unspecified atom stereocenters. The van der Waals surface area contributed by atoms with Crippen LogP contribution in [0, 0.1) is 30.1 Å².